The number of anilines is 1. The van der Waals surface area contributed by atoms with E-state index in [-0.39, 0.29) is 12.5 Å². The molecule has 0 bridgehead atoms. The Hall–Kier alpha value is -1.39. The lowest BCUT2D eigenvalue weighted by Crippen LogP contribution is -2.50. The molecule has 17 heavy (non-hydrogen) atoms. The SMILES string of the molecule is CC(N)(C(=O)Nc1cccc(CO)c1)C1CC1. The van der Waals surface area contributed by atoms with E-state index in [1.165, 1.54) is 0 Å². The van der Waals surface area contributed by atoms with Gasteiger partial charge in [0.1, 0.15) is 0 Å². The van der Waals surface area contributed by atoms with Gasteiger partial charge < -0.3 is 16.2 Å². The second kappa shape index (κ2) is 4.47. The lowest BCUT2D eigenvalue weighted by Gasteiger charge is -2.23. The highest BCUT2D eigenvalue weighted by Crippen LogP contribution is 2.38. The molecule has 4 heteroatoms. The molecule has 0 saturated heterocycles. The highest BCUT2D eigenvalue weighted by molar-refractivity contribution is 5.98. The van der Waals surface area contributed by atoms with Crippen LogP contribution in [0.3, 0.4) is 0 Å². The summed E-state index contributed by atoms with van der Waals surface area (Å²) in [5.41, 5.74) is 6.68. The van der Waals surface area contributed by atoms with E-state index in [1.807, 2.05) is 0 Å². The van der Waals surface area contributed by atoms with Gasteiger partial charge in [-0.1, -0.05) is 12.1 Å². The number of nitrogens with two attached hydrogens (primary N) is 1. The van der Waals surface area contributed by atoms with Gasteiger partial charge in [-0.05, 0) is 43.4 Å². The molecule has 2 rings (SSSR count). The predicted octanol–water partition coefficient (Wildman–Crippen LogP) is 1.24. The van der Waals surface area contributed by atoms with Crippen molar-refractivity contribution in [3.05, 3.63) is 29.8 Å². The molecule has 0 aromatic heterocycles. The van der Waals surface area contributed by atoms with Crippen molar-refractivity contribution >= 4 is 11.6 Å². The van der Waals surface area contributed by atoms with Crippen LogP contribution in [-0.2, 0) is 11.4 Å². The maximum atomic E-state index is 12.0. The zero-order chi connectivity index (χ0) is 12.5. The van der Waals surface area contributed by atoms with E-state index in [4.69, 9.17) is 10.8 Å². The molecular weight excluding hydrogens is 216 g/mol. The van der Waals surface area contributed by atoms with Crippen molar-refractivity contribution in [2.45, 2.75) is 31.9 Å². The molecule has 1 aromatic carbocycles. The average Bonchev–Trinajstić information content (AvgIpc) is 3.13. The summed E-state index contributed by atoms with van der Waals surface area (Å²) in [5.74, 6) is 0.138. The summed E-state index contributed by atoms with van der Waals surface area (Å²) in [6.07, 6.45) is 2.05. The van der Waals surface area contributed by atoms with Crippen LogP contribution in [0.2, 0.25) is 0 Å². The summed E-state index contributed by atoms with van der Waals surface area (Å²) in [6, 6.07) is 7.14. The van der Waals surface area contributed by atoms with Crippen LogP contribution in [0.4, 0.5) is 5.69 Å². The Balaban J connectivity index is 2.07. The fraction of sp³-hybridized carbons (Fsp3) is 0.462. The smallest absolute Gasteiger partial charge is 0.244 e. The Bertz CT molecular complexity index is 425. The van der Waals surface area contributed by atoms with Crippen molar-refractivity contribution in [3.8, 4) is 0 Å². The molecule has 0 radical (unpaired) electrons. The summed E-state index contributed by atoms with van der Waals surface area (Å²) >= 11 is 0. The number of hydrogen-bond acceptors (Lipinski definition) is 3. The number of amides is 1. The highest BCUT2D eigenvalue weighted by Gasteiger charge is 2.44. The third-order valence-corrected chi connectivity index (χ3v) is 3.28. The van der Waals surface area contributed by atoms with Gasteiger partial charge in [-0.2, -0.15) is 0 Å². The Morgan fingerprint density at radius 2 is 2.29 bits per heavy atom. The zero-order valence-electron chi connectivity index (χ0n) is 9.94. The molecule has 1 amide bonds. The van der Waals surface area contributed by atoms with Crippen LogP contribution < -0.4 is 11.1 Å². The summed E-state index contributed by atoms with van der Waals surface area (Å²) < 4.78 is 0. The van der Waals surface area contributed by atoms with Crippen molar-refractivity contribution in [1.29, 1.82) is 0 Å². The molecule has 1 fully saturated rings. The van der Waals surface area contributed by atoms with Crippen LogP contribution in [-0.4, -0.2) is 16.6 Å². The molecule has 1 aliphatic carbocycles. The summed E-state index contributed by atoms with van der Waals surface area (Å²) in [5, 5.41) is 11.8. The van der Waals surface area contributed by atoms with Gasteiger partial charge in [-0.3, -0.25) is 4.79 Å². The number of carbonyl (C=O) groups excluding carboxylic acids is 1. The fourth-order valence-corrected chi connectivity index (χ4v) is 1.88. The monoisotopic (exact) mass is 234 g/mol. The van der Waals surface area contributed by atoms with Gasteiger partial charge in [-0.25, -0.2) is 0 Å². The van der Waals surface area contributed by atoms with Crippen LogP contribution in [0.25, 0.3) is 0 Å². The van der Waals surface area contributed by atoms with Gasteiger partial charge in [0.15, 0.2) is 0 Å². The first kappa shape index (κ1) is 12.1. The van der Waals surface area contributed by atoms with Crippen molar-refractivity contribution in [2.75, 3.05) is 5.32 Å². The third kappa shape index (κ3) is 2.65. The lowest BCUT2D eigenvalue weighted by molar-refractivity contribution is -0.121. The van der Waals surface area contributed by atoms with E-state index in [0.717, 1.165) is 18.4 Å². The molecule has 1 aliphatic rings. The fourth-order valence-electron chi connectivity index (χ4n) is 1.88. The van der Waals surface area contributed by atoms with Gasteiger partial charge in [0.05, 0.1) is 12.1 Å². The molecule has 0 aliphatic heterocycles. The van der Waals surface area contributed by atoms with Gasteiger partial charge in [-0.15, -0.1) is 0 Å². The van der Waals surface area contributed by atoms with Crippen molar-refractivity contribution in [1.82, 2.24) is 0 Å². The van der Waals surface area contributed by atoms with Gasteiger partial charge in [0, 0.05) is 5.69 Å². The Kier molecular flexibility index (Phi) is 3.17. The largest absolute Gasteiger partial charge is 0.392 e. The third-order valence-electron chi connectivity index (χ3n) is 3.28. The molecule has 0 heterocycles. The minimum atomic E-state index is -0.796. The van der Waals surface area contributed by atoms with Gasteiger partial charge >= 0.3 is 0 Å². The number of aliphatic hydroxyl groups is 1. The summed E-state index contributed by atoms with van der Waals surface area (Å²) in [7, 11) is 0. The topological polar surface area (TPSA) is 75.4 Å². The van der Waals surface area contributed by atoms with Crippen LogP contribution in [0.5, 0.6) is 0 Å². The normalized spacial score (nSPS) is 18.5. The minimum Gasteiger partial charge on any atom is -0.392 e. The lowest BCUT2D eigenvalue weighted by atomic mass is 9.96. The predicted molar refractivity (Wildman–Crippen MR) is 66.3 cm³/mol. The highest BCUT2D eigenvalue weighted by atomic mass is 16.3. The second-order valence-electron chi connectivity index (χ2n) is 4.87. The minimum absolute atomic E-state index is 0.0355. The second-order valence-corrected chi connectivity index (χ2v) is 4.87. The molecule has 4 N–H and O–H groups in total. The molecular formula is C13H18N2O2. The van der Waals surface area contributed by atoms with Gasteiger partial charge in [0.2, 0.25) is 5.91 Å². The summed E-state index contributed by atoms with van der Waals surface area (Å²) in [6.45, 7) is 1.74. The first-order valence-electron chi connectivity index (χ1n) is 5.84. The average molecular weight is 234 g/mol. The van der Waals surface area contributed by atoms with Crippen LogP contribution in [0.15, 0.2) is 24.3 Å². The van der Waals surface area contributed by atoms with Crippen LogP contribution >= 0.6 is 0 Å². The maximum Gasteiger partial charge on any atom is 0.244 e. The van der Waals surface area contributed by atoms with Crippen molar-refractivity contribution in [3.63, 3.8) is 0 Å². The molecule has 4 nitrogen and oxygen atoms in total. The van der Waals surface area contributed by atoms with E-state index in [2.05, 4.69) is 5.32 Å². The number of hydrogen-bond donors (Lipinski definition) is 3. The number of benzene rings is 1. The van der Waals surface area contributed by atoms with Gasteiger partial charge in [0.25, 0.3) is 0 Å². The maximum absolute atomic E-state index is 12.0. The number of nitrogens with one attached hydrogen (secondary N) is 1. The zero-order valence-corrected chi connectivity index (χ0v) is 9.94. The Labute approximate surface area is 101 Å². The molecule has 1 aromatic rings. The number of rotatable bonds is 4. The van der Waals surface area contributed by atoms with Crippen LogP contribution in [0.1, 0.15) is 25.3 Å². The number of carbonyl (C=O) groups is 1. The first-order chi connectivity index (χ1) is 8.04. The van der Waals surface area contributed by atoms with Crippen molar-refractivity contribution < 1.29 is 9.90 Å². The van der Waals surface area contributed by atoms with E-state index in [9.17, 15) is 4.79 Å². The molecule has 0 spiro atoms. The molecule has 1 atom stereocenters. The molecule has 92 valence electrons. The first-order valence-corrected chi connectivity index (χ1v) is 5.84. The standard InChI is InChI=1S/C13H18N2O2/c1-13(14,10-5-6-10)12(17)15-11-4-2-3-9(7-11)8-16/h2-4,7,10,16H,5-6,8,14H2,1H3,(H,15,17). The van der Waals surface area contributed by atoms with E-state index in [1.54, 1.807) is 31.2 Å². The Morgan fingerprint density at radius 3 is 2.88 bits per heavy atom. The quantitative estimate of drug-likeness (QED) is 0.733. The van der Waals surface area contributed by atoms with Crippen LogP contribution in [0, 0.1) is 5.92 Å². The molecule has 1 saturated carbocycles. The Morgan fingerprint density at radius 1 is 1.59 bits per heavy atom. The number of aliphatic hydroxyl groups excluding tert-OH is 1. The van der Waals surface area contributed by atoms with E-state index >= 15 is 0 Å². The summed E-state index contributed by atoms with van der Waals surface area (Å²) in [4.78, 5) is 12.0. The molecule has 1 unspecified atom stereocenters. The van der Waals surface area contributed by atoms with E-state index < -0.39 is 5.54 Å². The van der Waals surface area contributed by atoms with Crippen molar-refractivity contribution in [2.24, 2.45) is 11.7 Å². The van der Waals surface area contributed by atoms with E-state index in [0.29, 0.717) is 11.6 Å².